The van der Waals surface area contributed by atoms with Gasteiger partial charge < -0.3 is 20.5 Å². The fourth-order valence-corrected chi connectivity index (χ4v) is 0.963. The monoisotopic (exact) mass is 224 g/mol. The standard InChI is InChI=1S/C9H12N2O.C2H4O2/c1-11(9(12)7-10)8-5-3-2-4-6-8;1-2(3)4/h2-6H,7,10H2,1H3;1H3,(H,3,4). The lowest BCUT2D eigenvalue weighted by molar-refractivity contribution is -0.354. The molecule has 5 nitrogen and oxygen atoms in total. The van der Waals surface area contributed by atoms with Gasteiger partial charge in [0.15, 0.2) is 6.54 Å². The normalized spacial score (nSPS) is 8.69. The Kier molecular flexibility index (Phi) is 6.55. The molecule has 0 radical (unpaired) electrons. The number of carbonyl (C=O) groups excluding carboxylic acids is 2. The highest BCUT2D eigenvalue weighted by atomic mass is 16.4. The van der Waals surface area contributed by atoms with E-state index in [0.29, 0.717) is 6.54 Å². The molecule has 0 aromatic heterocycles. The van der Waals surface area contributed by atoms with Gasteiger partial charge in [-0.3, -0.25) is 4.79 Å². The Morgan fingerprint density at radius 2 is 1.75 bits per heavy atom. The van der Waals surface area contributed by atoms with Crippen LogP contribution in [0, 0.1) is 0 Å². The Morgan fingerprint density at radius 3 is 2.12 bits per heavy atom. The summed E-state index contributed by atoms with van der Waals surface area (Å²) in [6.45, 7) is 1.27. The maximum atomic E-state index is 11.2. The number of carboxylic acids is 1. The highest BCUT2D eigenvalue weighted by Gasteiger charge is 2.08. The average molecular weight is 224 g/mol. The van der Waals surface area contributed by atoms with Gasteiger partial charge in [-0.05, 0) is 19.1 Å². The van der Waals surface area contributed by atoms with Crippen LogP contribution in [0.4, 0.5) is 5.69 Å². The molecule has 1 rings (SSSR count). The Morgan fingerprint density at radius 1 is 1.31 bits per heavy atom. The predicted molar refractivity (Wildman–Crippen MR) is 58.3 cm³/mol. The SMILES string of the molecule is CC(=O)[O-].CN(C(=O)C[NH3+])c1ccccc1. The highest BCUT2D eigenvalue weighted by molar-refractivity contribution is 5.93. The van der Waals surface area contributed by atoms with E-state index >= 15 is 0 Å². The minimum absolute atomic E-state index is 0.0289. The van der Waals surface area contributed by atoms with E-state index in [1.807, 2.05) is 30.3 Å². The van der Waals surface area contributed by atoms with Crippen molar-refractivity contribution >= 4 is 17.6 Å². The van der Waals surface area contributed by atoms with E-state index in [9.17, 15) is 4.79 Å². The maximum Gasteiger partial charge on any atom is 0.281 e. The van der Waals surface area contributed by atoms with Crippen molar-refractivity contribution in [2.24, 2.45) is 0 Å². The summed E-state index contributed by atoms with van der Waals surface area (Å²) in [4.78, 5) is 21.7. The molecule has 0 atom stereocenters. The predicted octanol–water partition coefficient (Wildman–Crippen LogP) is -1.35. The number of benzene rings is 1. The number of anilines is 1. The molecule has 0 aliphatic rings. The van der Waals surface area contributed by atoms with Gasteiger partial charge in [0, 0.05) is 18.7 Å². The van der Waals surface area contributed by atoms with Gasteiger partial charge in [0.25, 0.3) is 5.91 Å². The van der Waals surface area contributed by atoms with E-state index in [1.165, 1.54) is 0 Å². The molecule has 88 valence electrons. The summed E-state index contributed by atoms with van der Waals surface area (Å²) >= 11 is 0. The number of nitrogens with zero attached hydrogens (tertiary/aromatic N) is 1. The van der Waals surface area contributed by atoms with Crippen molar-refractivity contribution in [3.8, 4) is 0 Å². The second kappa shape index (κ2) is 7.42. The summed E-state index contributed by atoms with van der Waals surface area (Å²) in [7, 11) is 1.75. The summed E-state index contributed by atoms with van der Waals surface area (Å²) in [6, 6.07) is 9.53. The molecule has 0 saturated heterocycles. The lowest BCUT2D eigenvalue weighted by Crippen LogP contribution is -2.57. The van der Waals surface area contributed by atoms with E-state index in [0.717, 1.165) is 12.6 Å². The fraction of sp³-hybridized carbons (Fsp3) is 0.273. The van der Waals surface area contributed by atoms with Crippen LogP contribution in [0.2, 0.25) is 0 Å². The molecule has 0 aliphatic carbocycles. The molecular weight excluding hydrogens is 208 g/mol. The third-order valence-corrected chi connectivity index (χ3v) is 1.73. The van der Waals surface area contributed by atoms with Gasteiger partial charge in [-0.25, -0.2) is 0 Å². The molecule has 0 spiro atoms. The first-order valence-electron chi connectivity index (χ1n) is 4.77. The quantitative estimate of drug-likeness (QED) is 0.673. The third-order valence-electron chi connectivity index (χ3n) is 1.73. The van der Waals surface area contributed by atoms with E-state index in [-0.39, 0.29) is 5.91 Å². The molecular formula is C11H16N2O3. The second-order valence-electron chi connectivity index (χ2n) is 3.03. The first-order valence-corrected chi connectivity index (χ1v) is 4.77. The number of carbonyl (C=O) groups is 2. The Bertz CT molecular complexity index is 334. The zero-order valence-corrected chi connectivity index (χ0v) is 9.47. The number of carboxylic acid groups (broad SMARTS) is 1. The molecule has 0 heterocycles. The fourth-order valence-electron chi connectivity index (χ4n) is 0.963. The molecule has 0 saturated carbocycles. The van der Waals surface area contributed by atoms with Crippen molar-refractivity contribution in [3.63, 3.8) is 0 Å². The molecule has 3 N–H and O–H groups in total. The van der Waals surface area contributed by atoms with Gasteiger partial charge in [0.2, 0.25) is 0 Å². The van der Waals surface area contributed by atoms with Gasteiger partial charge in [0.1, 0.15) is 0 Å². The van der Waals surface area contributed by atoms with Crippen LogP contribution in [0.15, 0.2) is 30.3 Å². The minimum atomic E-state index is -1.08. The molecule has 1 aromatic carbocycles. The van der Waals surface area contributed by atoms with E-state index in [4.69, 9.17) is 9.90 Å². The molecule has 0 bridgehead atoms. The Labute approximate surface area is 94.5 Å². The number of hydrogen-bond acceptors (Lipinski definition) is 3. The zero-order valence-electron chi connectivity index (χ0n) is 9.47. The van der Waals surface area contributed by atoms with Crippen molar-refractivity contribution in [1.29, 1.82) is 0 Å². The Hall–Kier alpha value is -1.88. The van der Waals surface area contributed by atoms with Crippen molar-refractivity contribution in [2.45, 2.75) is 6.92 Å². The average Bonchev–Trinajstić information content (AvgIpc) is 2.27. The van der Waals surface area contributed by atoms with Gasteiger partial charge >= 0.3 is 0 Å². The van der Waals surface area contributed by atoms with Crippen LogP contribution in [0.1, 0.15) is 6.92 Å². The number of aliphatic carboxylic acids is 1. The van der Waals surface area contributed by atoms with Crippen LogP contribution in [0.5, 0.6) is 0 Å². The van der Waals surface area contributed by atoms with Crippen molar-refractivity contribution in [1.82, 2.24) is 0 Å². The molecule has 0 aliphatic heterocycles. The first kappa shape index (κ1) is 14.1. The van der Waals surface area contributed by atoms with Gasteiger partial charge in [-0.1, -0.05) is 18.2 Å². The largest absolute Gasteiger partial charge is 0.550 e. The van der Waals surface area contributed by atoms with Crippen LogP contribution in [-0.2, 0) is 9.59 Å². The number of para-hydroxylation sites is 1. The van der Waals surface area contributed by atoms with Crippen LogP contribution in [-0.4, -0.2) is 25.5 Å². The lowest BCUT2D eigenvalue weighted by atomic mass is 10.3. The molecule has 1 aromatic rings. The van der Waals surface area contributed by atoms with Crippen LogP contribution in [0.25, 0.3) is 0 Å². The van der Waals surface area contributed by atoms with E-state index in [1.54, 1.807) is 11.9 Å². The summed E-state index contributed by atoms with van der Waals surface area (Å²) in [6.07, 6.45) is 0. The van der Waals surface area contributed by atoms with Gasteiger partial charge in [-0.2, -0.15) is 0 Å². The smallest absolute Gasteiger partial charge is 0.281 e. The molecule has 0 unspecified atom stereocenters. The topological polar surface area (TPSA) is 88.1 Å². The minimum Gasteiger partial charge on any atom is -0.550 e. The second-order valence-corrected chi connectivity index (χ2v) is 3.03. The molecule has 0 fully saturated rings. The third kappa shape index (κ3) is 5.77. The van der Waals surface area contributed by atoms with E-state index < -0.39 is 5.97 Å². The number of amides is 1. The maximum absolute atomic E-state index is 11.2. The van der Waals surface area contributed by atoms with Crippen molar-refractivity contribution < 1.29 is 20.4 Å². The Balaban J connectivity index is 0.000000487. The number of quaternary nitrogens is 1. The van der Waals surface area contributed by atoms with E-state index in [2.05, 4.69) is 5.73 Å². The van der Waals surface area contributed by atoms with Crippen molar-refractivity contribution in [2.75, 3.05) is 18.5 Å². The summed E-state index contributed by atoms with van der Waals surface area (Å²) in [5.41, 5.74) is 4.45. The van der Waals surface area contributed by atoms with Crippen molar-refractivity contribution in [3.05, 3.63) is 30.3 Å². The summed E-state index contributed by atoms with van der Waals surface area (Å²) < 4.78 is 0. The molecule has 16 heavy (non-hydrogen) atoms. The summed E-state index contributed by atoms with van der Waals surface area (Å²) in [5.74, 6) is -1.05. The first-order chi connectivity index (χ1) is 7.49. The van der Waals surface area contributed by atoms with Gasteiger partial charge in [0.05, 0.1) is 0 Å². The van der Waals surface area contributed by atoms with Crippen LogP contribution >= 0.6 is 0 Å². The lowest BCUT2D eigenvalue weighted by Gasteiger charge is -2.14. The summed E-state index contributed by atoms with van der Waals surface area (Å²) in [5, 5.41) is 8.89. The molecule has 5 heteroatoms. The van der Waals surface area contributed by atoms with Crippen LogP contribution < -0.4 is 15.7 Å². The number of likely N-dealkylation sites (N-methyl/N-ethyl adjacent to an activating group) is 1. The zero-order chi connectivity index (χ0) is 12.6. The molecule has 1 amide bonds. The van der Waals surface area contributed by atoms with Crippen LogP contribution in [0.3, 0.4) is 0 Å². The number of hydrogen-bond donors (Lipinski definition) is 1. The highest BCUT2D eigenvalue weighted by Crippen LogP contribution is 2.09. The van der Waals surface area contributed by atoms with Gasteiger partial charge in [-0.15, -0.1) is 0 Å². The number of rotatable bonds is 2.